The molecule has 23 heavy (non-hydrogen) atoms. The Morgan fingerprint density at radius 1 is 1.48 bits per heavy atom. The number of hydrogen-bond donors (Lipinski definition) is 2. The van der Waals surface area contributed by atoms with Crippen LogP contribution in [0.3, 0.4) is 0 Å². The summed E-state index contributed by atoms with van der Waals surface area (Å²) in [5.74, 6) is -0.684. The van der Waals surface area contributed by atoms with E-state index in [4.69, 9.17) is 4.74 Å². The lowest BCUT2D eigenvalue weighted by molar-refractivity contribution is 0.0521. The molecule has 1 aliphatic rings. The van der Waals surface area contributed by atoms with E-state index in [1.807, 2.05) is 6.92 Å². The molecule has 2 rings (SSSR count). The fraction of sp³-hybridized carbons (Fsp3) is 0.692. The highest BCUT2D eigenvalue weighted by Crippen LogP contribution is 2.23. The lowest BCUT2D eigenvalue weighted by Gasteiger charge is -2.26. The number of nitrogens with zero attached hydrogens (tertiary/aromatic N) is 2. The van der Waals surface area contributed by atoms with Gasteiger partial charge in [-0.05, 0) is 26.3 Å². The Morgan fingerprint density at radius 3 is 2.78 bits per heavy atom. The van der Waals surface area contributed by atoms with Gasteiger partial charge in [-0.25, -0.2) is 13.2 Å². The molecule has 1 atom stereocenters. The van der Waals surface area contributed by atoms with E-state index in [1.54, 1.807) is 6.92 Å². The van der Waals surface area contributed by atoms with Gasteiger partial charge < -0.3 is 10.1 Å². The van der Waals surface area contributed by atoms with Gasteiger partial charge in [0.1, 0.15) is 5.56 Å². The van der Waals surface area contributed by atoms with Gasteiger partial charge in [0.05, 0.1) is 12.8 Å². The third-order valence-electron chi connectivity index (χ3n) is 3.55. The molecule has 2 heterocycles. The van der Waals surface area contributed by atoms with Gasteiger partial charge in [-0.15, -0.1) is 12.4 Å². The standard InChI is InChI=1S/C13H22N4O4S.ClH/c1-3-7-17(10-5-6-14-8-10)22(19,20)12-11(9-15-16-12)13(18)21-4-2;/h9-10,14H,3-8H2,1-2H3,(H,15,16);1H. The second kappa shape index (κ2) is 8.62. The predicted molar refractivity (Wildman–Crippen MR) is 87.2 cm³/mol. The summed E-state index contributed by atoms with van der Waals surface area (Å²) in [4.78, 5) is 11.9. The van der Waals surface area contributed by atoms with E-state index >= 15 is 0 Å². The molecule has 132 valence electrons. The summed E-state index contributed by atoms with van der Waals surface area (Å²) in [7, 11) is -3.82. The molecule has 1 fully saturated rings. The first-order chi connectivity index (χ1) is 10.5. The fourth-order valence-corrected chi connectivity index (χ4v) is 4.36. The van der Waals surface area contributed by atoms with Crippen LogP contribution >= 0.6 is 12.4 Å². The lowest BCUT2D eigenvalue weighted by atomic mass is 10.2. The van der Waals surface area contributed by atoms with Crippen molar-refractivity contribution in [2.75, 3.05) is 26.2 Å². The molecule has 1 saturated heterocycles. The van der Waals surface area contributed by atoms with Gasteiger partial charge in [-0.1, -0.05) is 6.92 Å². The van der Waals surface area contributed by atoms with Gasteiger partial charge in [0.2, 0.25) is 0 Å². The number of rotatable bonds is 7. The largest absolute Gasteiger partial charge is 0.462 e. The second-order valence-corrected chi connectivity index (χ2v) is 6.92. The molecule has 1 aromatic heterocycles. The topological polar surface area (TPSA) is 104 Å². The molecule has 10 heteroatoms. The van der Waals surface area contributed by atoms with Crippen LogP contribution in [0.5, 0.6) is 0 Å². The van der Waals surface area contributed by atoms with Gasteiger partial charge in [-0.2, -0.15) is 9.40 Å². The van der Waals surface area contributed by atoms with E-state index in [2.05, 4.69) is 15.5 Å². The number of hydrogen-bond acceptors (Lipinski definition) is 6. The second-order valence-electron chi connectivity index (χ2n) is 5.10. The van der Waals surface area contributed by atoms with Crippen molar-refractivity contribution in [2.24, 2.45) is 0 Å². The van der Waals surface area contributed by atoms with Gasteiger partial charge in [0.25, 0.3) is 10.0 Å². The lowest BCUT2D eigenvalue weighted by Crippen LogP contribution is -2.42. The fourth-order valence-electron chi connectivity index (χ4n) is 2.55. The number of halogens is 1. The Morgan fingerprint density at radius 2 is 2.22 bits per heavy atom. The summed E-state index contributed by atoms with van der Waals surface area (Å²) in [5.41, 5.74) is -0.0473. The molecule has 1 aliphatic heterocycles. The van der Waals surface area contributed by atoms with Crippen LogP contribution in [0.15, 0.2) is 11.2 Å². The minimum Gasteiger partial charge on any atom is -0.462 e. The van der Waals surface area contributed by atoms with E-state index in [9.17, 15) is 13.2 Å². The van der Waals surface area contributed by atoms with Crippen molar-refractivity contribution in [3.05, 3.63) is 11.8 Å². The van der Waals surface area contributed by atoms with Crippen LogP contribution in [0, 0.1) is 0 Å². The molecular weight excluding hydrogens is 344 g/mol. The highest BCUT2D eigenvalue weighted by atomic mass is 35.5. The van der Waals surface area contributed by atoms with Crippen molar-refractivity contribution >= 4 is 28.4 Å². The maximum absolute atomic E-state index is 12.9. The molecular formula is C13H23ClN4O4S. The van der Waals surface area contributed by atoms with Crippen LogP contribution in [0.25, 0.3) is 0 Å². The Balaban J connectivity index is 0.00000264. The summed E-state index contributed by atoms with van der Waals surface area (Å²) >= 11 is 0. The maximum atomic E-state index is 12.9. The summed E-state index contributed by atoms with van der Waals surface area (Å²) in [6, 6.07) is -0.108. The molecule has 0 aliphatic carbocycles. The smallest absolute Gasteiger partial charge is 0.342 e. The zero-order valence-corrected chi connectivity index (χ0v) is 14.9. The molecule has 1 aromatic rings. The van der Waals surface area contributed by atoms with E-state index < -0.39 is 16.0 Å². The number of aromatic amines is 1. The quantitative estimate of drug-likeness (QED) is 0.691. The molecule has 0 saturated carbocycles. The monoisotopic (exact) mass is 366 g/mol. The molecule has 1 unspecified atom stereocenters. The number of aromatic nitrogens is 2. The van der Waals surface area contributed by atoms with Crippen molar-refractivity contribution in [2.45, 2.75) is 37.8 Å². The molecule has 0 radical (unpaired) electrons. The SMILES string of the molecule is CCCN(C1CCNC1)S(=O)(=O)c1[nH]ncc1C(=O)OCC.Cl. The number of esters is 1. The van der Waals surface area contributed by atoms with Gasteiger partial charge >= 0.3 is 5.97 Å². The molecule has 2 N–H and O–H groups in total. The number of carbonyl (C=O) groups excluding carboxylic acids is 1. The van der Waals surface area contributed by atoms with E-state index in [1.165, 1.54) is 10.5 Å². The van der Waals surface area contributed by atoms with Crippen LogP contribution in [0.2, 0.25) is 0 Å². The van der Waals surface area contributed by atoms with Gasteiger partial charge in [0, 0.05) is 19.1 Å². The Labute approximate surface area is 142 Å². The zero-order chi connectivity index (χ0) is 16.2. The third kappa shape index (κ3) is 4.23. The van der Waals surface area contributed by atoms with Crippen LogP contribution in [0.1, 0.15) is 37.0 Å². The number of ether oxygens (including phenoxy) is 1. The summed E-state index contributed by atoms with van der Waals surface area (Å²) in [6.45, 7) is 5.56. The highest BCUT2D eigenvalue weighted by Gasteiger charge is 2.36. The van der Waals surface area contributed by atoms with Crippen molar-refractivity contribution in [1.82, 2.24) is 19.8 Å². The minimum atomic E-state index is -3.82. The number of nitrogens with one attached hydrogen (secondary N) is 2. The Bertz CT molecular complexity index is 613. The normalized spacial score (nSPS) is 18.0. The molecule has 8 nitrogen and oxygen atoms in total. The summed E-state index contributed by atoms with van der Waals surface area (Å²) in [6.07, 6.45) is 2.64. The maximum Gasteiger partial charge on any atom is 0.342 e. The number of carbonyl (C=O) groups is 1. The van der Waals surface area contributed by atoms with Crippen LogP contribution < -0.4 is 5.32 Å². The predicted octanol–water partition coefficient (Wildman–Crippen LogP) is 0.771. The van der Waals surface area contributed by atoms with Crippen molar-refractivity contribution in [1.29, 1.82) is 0 Å². The van der Waals surface area contributed by atoms with Crippen molar-refractivity contribution < 1.29 is 17.9 Å². The number of sulfonamides is 1. The summed E-state index contributed by atoms with van der Waals surface area (Å²) < 4.78 is 32.2. The molecule has 0 spiro atoms. The average Bonchev–Trinajstić information content (AvgIpc) is 3.15. The van der Waals surface area contributed by atoms with Crippen LogP contribution in [0.4, 0.5) is 0 Å². The van der Waals surface area contributed by atoms with E-state index in [0.29, 0.717) is 19.5 Å². The summed E-state index contributed by atoms with van der Waals surface area (Å²) in [5, 5.41) is 9.13. The average molecular weight is 367 g/mol. The third-order valence-corrected chi connectivity index (χ3v) is 5.48. The minimum absolute atomic E-state index is 0. The number of H-pyrrole nitrogens is 1. The first-order valence-corrected chi connectivity index (χ1v) is 8.89. The van der Waals surface area contributed by atoms with E-state index in [-0.39, 0.29) is 35.6 Å². The molecule has 0 aromatic carbocycles. The highest BCUT2D eigenvalue weighted by molar-refractivity contribution is 7.89. The Kier molecular flexibility index (Phi) is 7.46. The first-order valence-electron chi connectivity index (χ1n) is 7.45. The van der Waals surface area contributed by atoms with E-state index in [0.717, 1.165) is 13.0 Å². The van der Waals surface area contributed by atoms with Crippen LogP contribution in [-0.2, 0) is 14.8 Å². The molecule has 0 amide bonds. The first kappa shape index (κ1) is 19.9. The Hall–Kier alpha value is -1.16. The van der Waals surface area contributed by atoms with Gasteiger partial charge in [0.15, 0.2) is 5.03 Å². The zero-order valence-electron chi connectivity index (χ0n) is 13.2. The van der Waals surface area contributed by atoms with Crippen molar-refractivity contribution in [3.63, 3.8) is 0 Å². The van der Waals surface area contributed by atoms with Crippen LogP contribution in [-0.4, -0.2) is 61.2 Å². The van der Waals surface area contributed by atoms with Crippen molar-refractivity contribution in [3.8, 4) is 0 Å². The molecule has 0 bridgehead atoms. The van der Waals surface area contributed by atoms with Gasteiger partial charge in [-0.3, -0.25) is 5.10 Å².